The zero-order valence-corrected chi connectivity index (χ0v) is 12.1. The van der Waals surface area contributed by atoms with Crippen molar-refractivity contribution < 1.29 is 4.79 Å². The maximum Gasteiger partial charge on any atom is 0.253 e. The molecule has 20 heavy (non-hydrogen) atoms. The van der Waals surface area contributed by atoms with E-state index in [2.05, 4.69) is 11.8 Å². The van der Waals surface area contributed by atoms with Crippen LogP contribution >= 0.6 is 11.6 Å². The van der Waals surface area contributed by atoms with Gasteiger partial charge < -0.3 is 4.90 Å². The van der Waals surface area contributed by atoms with Crippen molar-refractivity contribution >= 4 is 17.5 Å². The number of carbonyl (C=O) groups excluding carboxylic acids is 1. The van der Waals surface area contributed by atoms with Gasteiger partial charge in [-0.05, 0) is 48.5 Å². The van der Waals surface area contributed by atoms with Crippen molar-refractivity contribution in [2.45, 2.75) is 0 Å². The normalized spacial score (nSPS) is 9.55. The molecule has 0 aliphatic rings. The third-order valence-corrected chi connectivity index (χ3v) is 2.99. The van der Waals surface area contributed by atoms with Gasteiger partial charge in [0.05, 0.1) is 0 Å². The van der Waals surface area contributed by atoms with Gasteiger partial charge in [0.2, 0.25) is 0 Å². The summed E-state index contributed by atoms with van der Waals surface area (Å²) in [6, 6.07) is 14.6. The Hall–Kier alpha value is -2.24. The van der Waals surface area contributed by atoms with Crippen LogP contribution in [-0.4, -0.2) is 24.9 Å². The molecule has 2 aromatic carbocycles. The van der Waals surface area contributed by atoms with E-state index in [0.717, 1.165) is 11.1 Å². The van der Waals surface area contributed by atoms with Crippen molar-refractivity contribution in [1.29, 1.82) is 0 Å². The Balaban J connectivity index is 2.16. The maximum absolute atomic E-state index is 11.7. The first-order valence-corrected chi connectivity index (χ1v) is 6.53. The fourth-order valence-corrected chi connectivity index (χ4v) is 1.76. The quantitative estimate of drug-likeness (QED) is 0.734. The van der Waals surface area contributed by atoms with Crippen LogP contribution < -0.4 is 0 Å². The van der Waals surface area contributed by atoms with Crippen LogP contribution in [0.5, 0.6) is 0 Å². The molecule has 0 aliphatic heterocycles. The van der Waals surface area contributed by atoms with Gasteiger partial charge in [-0.15, -0.1) is 0 Å². The van der Waals surface area contributed by atoms with Gasteiger partial charge in [0.25, 0.3) is 5.91 Å². The van der Waals surface area contributed by atoms with E-state index in [1.807, 2.05) is 36.4 Å². The van der Waals surface area contributed by atoms with Gasteiger partial charge in [-0.1, -0.05) is 23.4 Å². The van der Waals surface area contributed by atoms with Crippen LogP contribution in [-0.2, 0) is 0 Å². The molecular formula is C17H14ClNO. The Morgan fingerprint density at radius 3 is 1.80 bits per heavy atom. The number of halogens is 1. The van der Waals surface area contributed by atoms with Gasteiger partial charge in [-0.25, -0.2) is 0 Å². The molecule has 0 saturated carbocycles. The zero-order chi connectivity index (χ0) is 14.5. The number of hydrogen-bond acceptors (Lipinski definition) is 1. The van der Waals surface area contributed by atoms with Crippen molar-refractivity contribution in [2.75, 3.05) is 14.1 Å². The van der Waals surface area contributed by atoms with E-state index in [0.29, 0.717) is 10.6 Å². The van der Waals surface area contributed by atoms with Crippen LogP contribution in [0.15, 0.2) is 48.5 Å². The molecular weight excluding hydrogens is 270 g/mol. The molecule has 0 aromatic heterocycles. The number of hydrogen-bond donors (Lipinski definition) is 0. The molecule has 0 aliphatic carbocycles. The van der Waals surface area contributed by atoms with Gasteiger partial charge in [0.15, 0.2) is 0 Å². The highest BCUT2D eigenvalue weighted by molar-refractivity contribution is 6.30. The standard InChI is InChI=1S/C17H14ClNO/c1-19(2)17(20)15-9-5-13(6-10-15)3-4-14-7-11-16(18)12-8-14/h5-12H,1-2H3. The minimum absolute atomic E-state index is 0.0118. The van der Waals surface area contributed by atoms with Gasteiger partial charge >= 0.3 is 0 Å². The van der Waals surface area contributed by atoms with Crippen LogP contribution in [0, 0.1) is 11.8 Å². The average molecular weight is 284 g/mol. The summed E-state index contributed by atoms with van der Waals surface area (Å²) in [6.45, 7) is 0. The van der Waals surface area contributed by atoms with E-state index in [1.54, 1.807) is 31.1 Å². The lowest BCUT2D eigenvalue weighted by molar-refractivity contribution is 0.0827. The fraction of sp³-hybridized carbons (Fsp3) is 0.118. The highest BCUT2D eigenvalue weighted by atomic mass is 35.5. The smallest absolute Gasteiger partial charge is 0.253 e. The van der Waals surface area contributed by atoms with Crippen LogP contribution in [0.3, 0.4) is 0 Å². The SMILES string of the molecule is CN(C)C(=O)c1ccc(C#Cc2ccc(Cl)cc2)cc1. The number of carbonyl (C=O) groups is 1. The highest BCUT2D eigenvalue weighted by Gasteiger charge is 2.06. The van der Waals surface area contributed by atoms with Crippen LogP contribution in [0.2, 0.25) is 5.02 Å². The van der Waals surface area contributed by atoms with Gasteiger partial charge in [-0.2, -0.15) is 0 Å². The monoisotopic (exact) mass is 283 g/mol. The molecule has 2 nitrogen and oxygen atoms in total. The largest absolute Gasteiger partial charge is 0.345 e. The molecule has 2 rings (SSSR count). The first-order valence-electron chi connectivity index (χ1n) is 6.15. The molecule has 0 N–H and O–H groups in total. The zero-order valence-electron chi connectivity index (χ0n) is 11.4. The molecule has 100 valence electrons. The molecule has 0 unspecified atom stereocenters. The molecule has 1 amide bonds. The molecule has 3 heteroatoms. The minimum atomic E-state index is -0.0118. The predicted molar refractivity (Wildman–Crippen MR) is 81.9 cm³/mol. The van der Waals surface area contributed by atoms with Gasteiger partial charge in [0, 0.05) is 35.8 Å². The molecule has 0 radical (unpaired) electrons. The topological polar surface area (TPSA) is 20.3 Å². The third kappa shape index (κ3) is 3.63. The van der Waals surface area contributed by atoms with Gasteiger partial charge in [0.1, 0.15) is 0 Å². The molecule has 0 fully saturated rings. The summed E-state index contributed by atoms with van der Waals surface area (Å²) in [7, 11) is 3.47. The lowest BCUT2D eigenvalue weighted by atomic mass is 10.1. The van der Waals surface area contributed by atoms with E-state index in [4.69, 9.17) is 11.6 Å². The van der Waals surface area contributed by atoms with Crippen LogP contribution in [0.1, 0.15) is 21.5 Å². The van der Waals surface area contributed by atoms with Crippen molar-refractivity contribution in [3.05, 3.63) is 70.2 Å². The van der Waals surface area contributed by atoms with Gasteiger partial charge in [-0.3, -0.25) is 4.79 Å². The predicted octanol–water partition coefficient (Wildman–Crippen LogP) is 3.44. The molecule has 0 atom stereocenters. The number of amides is 1. The van der Waals surface area contributed by atoms with E-state index < -0.39 is 0 Å². The van der Waals surface area contributed by atoms with Crippen molar-refractivity contribution in [1.82, 2.24) is 4.90 Å². The first-order chi connectivity index (χ1) is 9.56. The maximum atomic E-state index is 11.7. The lowest BCUT2D eigenvalue weighted by Crippen LogP contribution is -2.21. The molecule has 0 spiro atoms. The second-order valence-corrected chi connectivity index (χ2v) is 4.97. The first kappa shape index (κ1) is 14.2. The van der Waals surface area contributed by atoms with Crippen molar-refractivity contribution in [2.24, 2.45) is 0 Å². The highest BCUT2D eigenvalue weighted by Crippen LogP contribution is 2.09. The summed E-state index contributed by atoms with van der Waals surface area (Å²) in [5.74, 6) is 6.10. The Morgan fingerprint density at radius 1 is 0.900 bits per heavy atom. The average Bonchev–Trinajstić information content (AvgIpc) is 2.46. The molecule has 2 aromatic rings. The van der Waals surface area contributed by atoms with E-state index in [9.17, 15) is 4.79 Å². The summed E-state index contributed by atoms with van der Waals surface area (Å²) in [6.07, 6.45) is 0. The summed E-state index contributed by atoms with van der Waals surface area (Å²) < 4.78 is 0. The molecule has 0 saturated heterocycles. The number of benzene rings is 2. The summed E-state index contributed by atoms with van der Waals surface area (Å²) in [5.41, 5.74) is 2.44. The summed E-state index contributed by atoms with van der Waals surface area (Å²) in [5, 5.41) is 0.696. The van der Waals surface area contributed by atoms with E-state index in [-0.39, 0.29) is 5.91 Å². The second-order valence-electron chi connectivity index (χ2n) is 4.53. The van der Waals surface area contributed by atoms with E-state index >= 15 is 0 Å². The number of nitrogens with zero attached hydrogens (tertiary/aromatic N) is 1. The Bertz CT molecular complexity index is 661. The Kier molecular flexibility index (Phi) is 4.45. The van der Waals surface area contributed by atoms with Crippen molar-refractivity contribution in [3.63, 3.8) is 0 Å². The Labute approximate surface area is 124 Å². The van der Waals surface area contributed by atoms with Crippen molar-refractivity contribution in [3.8, 4) is 11.8 Å². The summed E-state index contributed by atoms with van der Waals surface area (Å²) in [4.78, 5) is 13.3. The Morgan fingerprint density at radius 2 is 1.35 bits per heavy atom. The number of rotatable bonds is 1. The second kappa shape index (κ2) is 6.27. The molecule has 0 bridgehead atoms. The van der Waals surface area contributed by atoms with Crippen LogP contribution in [0.25, 0.3) is 0 Å². The molecule has 0 heterocycles. The van der Waals surface area contributed by atoms with Crippen LogP contribution in [0.4, 0.5) is 0 Å². The fourth-order valence-electron chi connectivity index (χ4n) is 1.63. The third-order valence-electron chi connectivity index (χ3n) is 2.73. The van der Waals surface area contributed by atoms with E-state index in [1.165, 1.54) is 0 Å². The summed E-state index contributed by atoms with van der Waals surface area (Å²) >= 11 is 5.82. The lowest BCUT2D eigenvalue weighted by Gasteiger charge is -2.09. The minimum Gasteiger partial charge on any atom is -0.345 e.